The van der Waals surface area contributed by atoms with Crippen LogP contribution in [-0.4, -0.2) is 24.9 Å². The van der Waals surface area contributed by atoms with Crippen molar-refractivity contribution in [1.29, 1.82) is 0 Å². The number of carbonyl (C=O) groups excluding carboxylic acids is 3. The molecule has 0 unspecified atom stereocenters. The first-order valence-corrected chi connectivity index (χ1v) is 5.74. The van der Waals surface area contributed by atoms with Gasteiger partial charge in [0.1, 0.15) is 0 Å². The van der Waals surface area contributed by atoms with Crippen molar-refractivity contribution >= 4 is 17.8 Å². The Morgan fingerprint density at radius 2 is 1.71 bits per heavy atom. The van der Waals surface area contributed by atoms with Crippen LogP contribution in [0.1, 0.15) is 32.1 Å². The summed E-state index contributed by atoms with van der Waals surface area (Å²) >= 11 is 0. The molecule has 17 heavy (non-hydrogen) atoms. The van der Waals surface area contributed by atoms with Crippen LogP contribution in [0.25, 0.3) is 0 Å². The number of nitrogens with one attached hydrogen (secondary N) is 1. The molecule has 1 aliphatic heterocycles. The zero-order valence-corrected chi connectivity index (χ0v) is 9.90. The van der Waals surface area contributed by atoms with Crippen molar-refractivity contribution < 1.29 is 19.1 Å². The van der Waals surface area contributed by atoms with Crippen LogP contribution in [0.15, 0.2) is 12.2 Å². The number of esters is 1. The maximum absolute atomic E-state index is 10.9. The summed E-state index contributed by atoms with van der Waals surface area (Å²) in [5.41, 5.74) is 0. The molecule has 0 radical (unpaired) electrons. The van der Waals surface area contributed by atoms with Gasteiger partial charge in [-0.2, -0.15) is 0 Å². The number of methoxy groups -OCH3 is 1. The van der Waals surface area contributed by atoms with E-state index in [-0.39, 0.29) is 23.7 Å². The predicted molar refractivity (Wildman–Crippen MR) is 60.9 cm³/mol. The summed E-state index contributed by atoms with van der Waals surface area (Å²) in [7, 11) is 1.47. The Labute approximate surface area is 100 Å². The third-order valence-electron chi connectivity index (χ3n) is 2.77. The average Bonchev–Trinajstić information content (AvgIpc) is 2.74. The highest BCUT2D eigenvalue weighted by molar-refractivity contribution is 6.12. The van der Waals surface area contributed by atoms with Crippen LogP contribution in [0, 0.1) is 5.92 Å². The van der Waals surface area contributed by atoms with Crippen molar-refractivity contribution in [2.75, 3.05) is 7.11 Å². The van der Waals surface area contributed by atoms with Crippen molar-refractivity contribution in [2.24, 2.45) is 5.92 Å². The molecule has 2 rings (SSSR count). The monoisotopic (exact) mass is 239 g/mol. The molecule has 5 nitrogen and oxygen atoms in total. The molecule has 0 bridgehead atoms. The molecule has 0 saturated heterocycles. The molecule has 2 aliphatic rings. The van der Waals surface area contributed by atoms with Gasteiger partial charge in [-0.15, -0.1) is 0 Å². The molecule has 1 N–H and O–H groups in total. The molecule has 0 atom stereocenters. The summed E-state index contributed by atoms with van der Waals surface area (Å²) in [5, 5.41) is 2.03. The fourth-order valence-electron chi connectivity index (χ4n) is 1.86. The van der Waals surface area contributed by atoms with E-state index >= 15 is 0 Å². The van der Waals surface area contributed by atoms with E-state index in [9.17, 15) is 14.4 Å². The van der Waals surface area contributed by atoms with Crippen LogP contribution < -0.4 is 5.32 Å². The van der Waals surface area contributed by atoms with Crippen molar-refractivity contribution in [1.82, 2.24) is 5.32 Å². The van der Waals surface area contributed by atoms with Gasteiger partial charge < -0.3 is 4.74 Å². The van der Waals surface area contributed by atoms with Gasteiger partial charge in [0.05, 0.1) is 13.0 Å². The number of hydrogen-bond acceptors (Lipinski definition) is 4. The lowest BCUT2D eigenvalue weighted by Crippen LogP contribution is -2.19. The summed E-state index contributed by atoms with van der Waals surface area (Å²) in [5.74, 6) is -0.464. The Morgan fingerprint density at radius 1 is 1.18 bits per heavy atom. The van der Waals surface area contributed by atoms with E-state index in [1.54, 1.807) is 0 Å². The molecule has 0 aromatic heterocycles. The minimum absolute atomic E-state index is 0.0142. The molecule has 94 valence electrons. The second-order valence-electron chi connectivity index (χ2n) is 4.04. The molecule has 2 amide bonds. The van der Waals surface area contributed by atoms with Crippen LogP contribution in [-0.2, 0) is 19.1 Å². The van der Waals surface area contributed by atoms with Gasteiger partial charge in [-0.25, -0.2) is 0 Å². The molecule has 1 aliphatic carbocycles. The second kappa shape index (κ2) is 6.83. The Kier molecular flexibility index (Phi) is 5.39. The van der Waals surface area contributed by atoms with Gasteiger partial charge in [0, 0.05) is 12.2 Å². The van der Waals surface area contributed by atoms with E-state index in [0.29, 0.717) is 0 Å². The first kappa shape index (κ1) is 13.4. The fraction of sp³-hybridized carbons (Fsp3) is 0.583. The number of imide groups is 1. The zero-order chi connectivity index (χ0) is 12.7. The highest BCUT2D eigenvalue weighted by Gasteiger charge is 2.20. The maximum atomic E-state index is 10.9. The Balaban J connectivity index is 0.000000181. The Morgan fingerprint density at radius 3 is 2.06 bits per heavy atom. The summed E-state index contributed by atoms with van der Waals surface area (Å²) in [6.45, 7) is 0. The van der Waals surface area contributed by atoms with E-state index < -0.39 is 0 Å². The minimum Gasteiger partial charge on any atom is -0.469 e. The van der Waals surface area contributed by atoms with Gasteiger partial charge in [-0.3, -0.25) is 19.7 Å². The Hall–Kier alpha value is -1.65. The zero-order valence-electron chi connectivity index (χ0n) is 9.90. The topological polar surface area (TPSA) is 72.5 Å². The van der Waals surface area contributed by atoms with E-state index in [4.69, 9.17) is 0 Å². The van der Waals surface area contributed by atoms with E-state index in [0.717, 1.165) is 12.8 Å². The van der Waals surface area contributed by atoms with Crippen molar-refractivity contribution in [3.63, 3.8) is 0 Å². The quantitative estimate of drug-likeness (QED) is 0.546. The molecule has 1 saturated carbocycles. The first-order valence-electron chi connectivity index (χ1n) is 5.74. The third kappa shape index (κ3) is 4.80. The number of rotatable bonds is 1. The lowest BCUT2D eigenvalue weighted by atomic mass is 9.89. The van der Waals surface area contributed by atoms with Gasteiger partial charge >= 0.3 is 5.97 Å². The van der Waals surface area contributed by atoms with Crippen LogP contribution in [0.5, 0.6) is 0 Å². The van der Waals surface area contributed by atoms with Crippen molar-refractivity contribution in [3.8, 4) is 0 Å². The number of hydrogen-bond donors (Lipinski definition) is 1. The van der Waals surface area contributed by atoms with Gasteiger partial charge in [-0.1, -0.05) is 19.3 Å². The second-order valence-corrected chi connectivity index (χ2v) is 4.04. The fourth-order valence-corrected chi connectivity index (χ4v) is 1.86. The first-order chi connectivity index (χ1) is 8.13. The molecule has 0 aromatic rings. The van der Waals surface area contributed by atoms with E-state index in [2.05, 4.69) is 4.74 Å². The van der Waals surface area contributed by atoms with Crippen LogP contribution >= 0.6 is 0 Å². The summed E-state index contributed by atoms with van der Waals surface area (Å²) in [6.07, 6.45) is 8.14. The molecular formula is C12H17NO4. The summed E-state index contributed by atoms with van der Waals surface area (Å²) < 4.78 is 4.65. The van der Waals surface area contributed by atoms with Crippen LogP contribution in [0.2, 0.25) is 0 Å². The summed E-state index contributed by atoms with van der Waals surface area (Å²) in [6, 6.07) is 0. The van der Waals surface area contributed by atoms with Crippen molar-refractivity contribution in [2.45, 2.75) is 32.1 Å². The molecule has 1 heterocycles. The van der Waals surface area contributed by atoms with E-state index in [1.165, 1.54) is 38.5 Å². The highest BCUT2D eigenvalue weighted by atomic mass is 16.5. The minimum atomic E-state index is -0.329. The molecule has 5 heteroatoms. The lowest BCUT2D eigenvalue weighted by molar-refractivity contribution is -0.146. The van der Waals surface area contributed by atoms with Crippen LogP contribution in [0.4, 0.5) is 0 Å². The van der Waals surface area contributed by atoms with Gasteiger partial charge in [0.15, 0.2) is 0 Å². The Bertz CT molecular complexity index is 313. The number of carbonyl (C=O) groups is 3. The number of ether oxygens (including phenoxy) is 1. The summed E-state index contributed by atoms with van der Waals surface area (Å²) in [4.78, 5) is 31.0. The predicted octanol–water partition coefficient (Wildman–Crippen LogP) is 0.939. The molecule has 0 aromatic carbocycles. The van der Waals surface area contributed by atoms with E-state index in [1.807, 2.05) is 5.32 Å². The SMILES string of the molecule is COC(=O)C1CCCCC1.O=C1C=CC(=O)N1. The molecule has 1 fully saturated rings. The smallest absolute Gasteiger partial charge is 0.308 e. The highest BCUT2D eigenvalue weighted by Crippen LogP contribution is 2.24. The van der Waals surface area contributed by atoms with Gasteiger partial charge in [0.2, 0.25) is 0 Å². The third-order valence-corrected chi connectivity index (χ3v) is 2.77. The molecule has 0 spiro atoms. The van der Waals surface area contributed by atoms with Crippen molar-refractivity contribution in [3.05, 3.63) is 12.2 Å². The van der Waals surface area contributed by atoms with Gasteiger partial charge in [-0.05, 0) is 12.8 Å². The van der Waals surface area contributed by atoms with Crippen LogP contribution in [0.3, 0.4) is 0 Å². The standard InChI is InChI=1S/C8H14O2.C4H3NO2/c1-10-8(9)7-5-3-2-4-6-7;6-3-1-2-4(7)5-3/h7H,2-6H2,1H3;1-2H,(H,5,6,7). The normalized spacial score (nSPS) is 19.4. The lowest BCUT2D eigenvalue weighted by Gasteiger charge is -2.18. The maximum Gasteiger partial charge on any atom is 0.308 e. The molecular weight excluding hydrogens is 222 g/mol. The number of amides is 2. The largest absolute Gasteiger partial charge is 0.469 e. The van der Waals surface area contributed by atoms with Gasteiger partial charge in [0.25, 0.3) is 11.8 Å². The average molecular weight is 239 g/mol.